The SMILES string of the molecule is COc1cc(C(=O)N(C)CCOc2ccccc2C)ccc1OC(C)C. The maximum absolute atomic E-state index is 12.6. The van der Waals surface area contributed by atoms with Crippen molar-refractivity contribution in [2.45, 2.75) is 26.9 Å². The highest BCUT2D eigenvalue weighted by molar-refractivity contribution is 5.94. The summed E-state index contributed by atoms with van der Waals surface area (Å²) in [5.41, 5.74) is 1.63. The zero-order valence-electron chi connectivity index (χ0n) is 16.1. The highest BCUT2D eigenvalue weighted by Crippen LogP contribution is 2.29. The predicted molar refractivity (Wildman–Crippen MR) is 102 cm³/mol. The van der Waals surface area contributed by atoms with Gasteiger partial charge in [-0.25, -0.2) is 0 Å². The molecule has 0 N–H and O–H groups in total. The molecule has 0 aliphatic carbocycles. The third kappa shape index (κ3) is 5.15. The number of nitrogens with zero attached hydrogens (tertiary/aromatic N) is 1. The first kappa shape index (κ1) is 19.6. The fourth-order valence-corrected chi connectivity index (χ4v) is 2.48. The van der Waals surface area contributed by atoms with E-state index in [4.69, 9.17) is 14.2 Å². The lowest BCUT2D eigenvalue weighted by Crippen LogP contribution is -2.31. The van der Waals surface area contributed by atoms with Crippen LogP contribution >= 0.6 is 0 Å². The molecule has 0 saturated heterocycles. The van der Waals surface area contributed by atoms with Crippen LogP contribution in [0.1, 0.15) is 29.8 Å². The largest absolute Gasteiger partial charge is 0.493 e. The first-order valence-corrected chi connectivity index (χ1v) is 8.71. The van der Waals surface area contributed by atoms with Gasteiger partial charge in [0.25, 0.3) is 5.91 Å². The van der Waals surface area contributed by atoms with Crippen LogP contribution in [0.4, 0.5) is 0 Å². The fraction of sp³-hybridized carbons (Fsp3) is 0.381. The number of para-hydroxylation sites is 1. The number of rotatable bonds is 8. The molecule has 2 aromatic rings. The Morgan fingerprint density at radius 1 is 1.08 bits per heavy atom. The smallest absolute Gasteiger partial charge is 0.253 e. The van der Waals surface area contributed by atoms with Crippen LogP contribution in [-0.2, 0) is 0 Å². The van der Waals surface area contributed by atoms with E-state index in [1.807, 2.05) is 45.0 Å². The second-order valence-electron chi connectivity index (χ2n) is 6.37. The van der Waals surface area contributed by atoms with E-state index in [1.165, 1.54) is 0 Å². The van der Waals surface area contributed by atoms with Gasteiger partial charge in [0.15, 0.2) is 11.5 Å². The number of amides is 1. The van der Waals surface area contributed by atoms with Crippen LogP contribution in [-0.4, -0.2) is 44.2 Å². The van der Waals surface area contributed by atoms with Crippen LogP contribution in [0, 0.1) is 6.92 Å². The van der Waals surface area contributed by atoms with Crippen molar-refractivity contribution in [1.29, 1.82) is 0 Å². The number of benzene rings is 2. The molecular formula is C21H27NO4. The van der Waals surface area contributed by atoms with Gasteiger partial charge in [-0.05, 0) is 50.6 Å². The summed E-state index contributed by atoms with van der Waals surface area (Å²) in [6.45, 7) is 6.80. The molecule has 26 heavy (non-hydrogen) atoms. The monoisotopic (exact) mass is 357 g/mol. The Hall–Kier alpha value is -2.69. The molecule has 0 bridgehead atoms. The number of likely N-dealkylation sites (N-methyl/N-ethyl adjacent to an activating group) is 1. The van der Waals surface area contributed by atoms with Crippen molar-refractivity contribution in [2.75, 3.05) is 27.3 Å². The summed E-state index contributed by atoms with van der Waals surface area (Å²) in [4.78, 5) is 14.3. The molecule has 5 nitrogen and oxygen atoms in total. The Kier molecular flexibility index (Phi) is 6.89. The number of carbonyl (C=O) groups is 1. The molecule has 2 aromatic carbocycles. The molecule has 0 unspecified atom stereocenters. The molecule has 0 spiro atoms. The van der Waals surface area contributed by atoms with Crippen LogP contribution in [0.5, 0.6) is 17.2 Å². The van der Waals surface area contributed by atoms with E-state index in [9.17, 15) is 4.79 Å². The van der Waals surface area contributed by atoms with Crippen molar-refractivity contribution in [3.8, 4) is 17.2 Å². The fourth-order valence-electron chi connectivity index (χ4n) is 2.48. The predicted octanol–water partition coefficient (Wildman–Crippen LogP) is 3.94. The quantitative estimate of drug-likeness (QED) is 0.718. The molecular weight excluding hydrogens is 330 g/mol. The molecule has 140 valence electrons. The van der Waals surface area contributed by atoms with E-state index in [0.717, 1.165) is 11.3 Å². The molecule has 0 aromatic heterocycles. The van der Waals surface area contributed by atoms with Crippen LogP contribution in [0.25, 0.3) is 0 Å². The second-order valence-corrected chi connectivity index (χ2v) is 6.37. The zero-order valence-corrected chi connectivity index (χ0v) is 16.1. The summed E-state index contributed by atoms with van der Waals surface area (Å²) >= 11 is 0. The van der Waals surface area contributed by atoms with Crippen LogP contribution in [0.15, 0.2) is 42.5 Å². The molecule has 5 heteroatoms. The first-order valence-electron chi connectivity index (χ1n) is 8.71. The van der Waals surface area contributed by atoms with Gasteiger partial charge in [-0.3, -0.25) is 4.79 Å². The van der Waals surface area contributed by atoms with E-state index in [0.29, 0.717) is 30.2 Å². The second kappa shape index (κ2) is 9.13. The molecule has 0 heterocycles. The molecule has 1 amide bonds. The van der Waals surface area contributed by atoms with Gasteiger partial charge in [-0.15, -0.1) is 0 Å². The van der Waals surface area contributed by atoms with E-state index in [2.05, 4.69) is 0 Å². The van der Waals surface area contributed by atoms with Crippen LogP contribution < -0.4 is 14.2 Å². The normalized spacial score (nSPS) is 10.5. The Morgan fingerprint density at radius 3 is 2.46 bits per heavy atom. The zero-order chi connectivity index (χ0) is 19.1. The lowest BCUT2D eigenvalue weighted by Gasteiger charge is -2.19. The molecule has 0 fully saturated rings. The Bertz CT molecular complexity index is 743. The minimum Gasteiger partial charge on any atom is -0.493 e. The molecule has 0 aliphatic rings. The highest BCUT2D eigenvalue weighted by atomic mass is 16.5. The third-order valence-corrected chi connectivity index (χ3v) is 3.90. The number of ether oxygens (including phenoxy) is 3. The van der Waals surface area contributed by atoms with Crippen molar-refractivity contribution in [2.24, 2.45) is 0 Å². The maximum Gasteiger partial charge on any atom is 0.253 e. The average Bonchev–Trinajstić information content (AvgIpc) is 2.62. The standard InChI is InChI=1S/C21H27NO4/c1-15(2)26-19-11-10-17(14-20(19)24-5)21(23)22(4)12-13-25-18-9-7-6-8-16(18)3/h6-11,14-15H,12-13H2,1-5H3. The van der Waals surface area contributed by atoms with Crippen LogP contribution in [0.2, 0.25) is 0 Å². The summed E-state index contributed by atoms with van der Waals surface area (Å²) in [7, 11) is 3.32. The Labute approximate surface area is 155 Å². The third-order valence-electron chi connectivity index (χ3n) is 3.90. The minimum atomic E-state index is -0.0900. The van der Waals surface area contributed by atoms with Gasteiger partial charge in [-0.2, -0.15) is 0 Å². The average molecular weight is 357 g/mol. The van der Waals surface area contributed by atoms with Gasteiger partial charge in [0.1, 0.15) is 12.4 Å². The lowest BCUT2D eigenvalue weighted by molar-refractivity contribution is 0.0773. The van der Waals surface area contributed by atoms with Crippen molar-refractivity contribution in [3.05, 3.63) is 53.6 Å². The van der Waals surface area contributed by atoms with E-state index in [1.54, 1.807) is 37.3 Å². The van der Waals surface area contributed by atoms with Crippen molar-refractivity contribution in [3.63, 3.8) is 0 Å². The van der Waals surface area contributed by atoms with Gasteiger partial charge in [0.2, 0.25) is 0 Å². The number of hydrogen-bond donors (Lipinski definition) is 0. The lowest BCUT2D eigenvalue weighted by atomic mass is 10.1. The molecule has 0 saturated carbocycles. The number of aryl methyl sites for hydroxylation is 1. The van der Waals surface area contributed by atoms with Gasteiger partial charge in [-0.1, -0.05) is 18.2 Å². The van der Waals surface area contributed by atoms with Gasteiger partial charge in [0.05, 0.1) is 19.8 Å². The molecule has 2 rings (SSSR count). The molecule has 0 aliphatic heterocycles. The summed E-state index contributed by atoms with van der Waals surface area (Å²) < 4.78 is 16.8. The van der Waals surface area contributed by atoms with Crippen molar-refractivity contribution in [1.82, 2.24) is 4.90 Å². The van der Waals surface area contributed by atoms with E-state index in [-0.39, 0.29) is 12.0 Å². The highest BCUT2D eigenvalue weighted by Gasteiger charge is 2.15. The molecule has 0 radical (unpaired) electrons. The van der Waals surface area contributed by atoms with Gasteiger partial charge < -0.3 is 19.1 Å². The van der Waals surface area contributed by atoms with Gasteiger partial charge in [0, 0.05) is 12.6 Å². The summed E-state index contributed by atoms with van der Waals surface area (Å²) in [5.74, 6) is 1.93. The molecule has 0 atom stereocenters. The number of methoxy groups -OCH3 is 1. The van der Waals surface area contributed by atoms with Crippen molar-refractivity contribution < 1.29 is 19.0 Å². The van der Waals surface area contributed by atoms with Crippen molar-refractivity contribution >= 4 is 5.91 Å². The van der Waals surface area contributed by atoms with E-state index >= 15 is 0 Å². The maximum atomic E-state index is 12.6. The topological polar surface area (TPSA) is 48.0 Å². The van der Waals surface area contributed by atoms with E-state index < -0.39 is 0 Å². The number of carbonyl (C=O) groups excluding carboxylic acids is 1. The Morgan fingerprint density at radius 2 is 1.81 bits per heavy atom. The minimum absolute atomic E-state index is 0.0340. The van der Waals surface area contributed by atoms with Gasteiger partial charge >= 0.3 is 0 Å². The summed E-state index contributed by atoms with van der Waals surface area (Å²) in [6.07, 6.45) is 0.0340. The number of hydrogen-bond acceptors (Lipinski definition) is 4. The Balaban J connectivity index is 1.98. The summed E-state index contributed by atoms with van der Waals surface area (Å²) in [6, 6.07) is 13.1. The summed E-state index contributed by atoms with van der Waals surface area (Å²) in [5, 5.41) is 0. The van der Waals surface area contributed by atoms with Crippen LogP contribution in [0.3, 0.4) is 0 Å². The first-order chi connectivity index (χ1) is 12.4.